The van der Waals surface area contributed by atoms with Crippen LogP contribution in [0.1, 0.15) is 18.4 Å². The van der Waals surface area contributed by atoms with Crippen LogP contribution in [-0.2, 0) is 11.3 Å². The zero-order valence-electron chi connectivity index (χ0n) is 10.4. The SMILES string of the molecule is COc1ccc(COC2CCNCC2)cc1F.Cl. The smallest absolute Gasteiger partial charge is 0.165 e. The quantitative estimate of drug-likeness (QED) is 0.916. The van der Waals surface area contributed by atoms with E-state index in [1.165, 1.54) is 13.2 Å². The van der Waals surface area contributed by atoms with Crippen LogP contribution >= 0.6 is 12.4 Å². The minimum absolute atomic E-state index is 0. The number of benzene rings is 1. The van der Waals surface area contributed by atoms with Gasteiger partial charge in [-0.15, -0.1) is 12.4 Å². The number of halogens is 2. The molecule has 0 spiro atoms. The van der Waals surface area contributed by atoms with E-state index in [0.29, 0.717) is 12.7 Å². The predicted molar refractivity (Wildman–Crippen MR) is 70.9 cm³/mol. The Balaban J connectivity index is 0.00000162. The molecule has 0 aromatic heterocycles. The molecule has 0 amide bonds. The van der Waals surface area contributed by atoms with Crippen molar-refractivity contribution in [3.05, 3.63) is 29.6 Å². The molecular formula is C13H19ClFNO2. The number of nitrogens with one attached hydrogen (secondary N) is 1. The molecule has 0 radical (unpaired) electrons. The summed E-state index contributed by atoms with van der Waals surface area (Å²) >= 11 is 0. The van der Waals surface area contributed by atoms with E-state index in [1.807, 2.05) is 6.07 Å². The van der Waals surface area contributed by atoms with Crippen LogP contribution in [0.4, 0.5) is 4.39 Å². The maximum atomic E-state index is 13.4. The summed E-state index contributed by atoms with van der Waals surface area (Å²) in [6.45, 7) is 2.47. The Morgan fingerprint density at radius 1 is 1.33 bits per heavy atom. The number of methoxy groups -OCH3 is 1. The van der Waals surface area contributed by atoms with Gasteiger partial charge >= 0.3 is 0 Å². The van der Waals surface area contributed by atoms with E-state index in [0.717, 1.165) is 31.5 Å². The number of hydrogen-bond acceptors (Lipinski definition) is 3. The fourth-order valence-electron chi connectivity index (χ4n) is 1.98. The van der Waals surface area contributed by atoms with Crippen molar-refractivity contribution in [3.8, 4) is 5.75 Å². The standard InChI is InChI=1S/C13H18FNO2.ClH/c1-16-13-3-2-10(8-12(13)14)9-17-11-4-6-15-7-5-11;/h2-3,8,11,15H,4-7,9H2,1H3;1H. The molecule has 18 heavy (non-hydrogen) atoms. The Hall–Kier alpha value is -0.840. The molecule has 1 aromatic carbocycles. The lowest BCUT2D eigenvalue weighted by Gasteiger charge is -2.23. The number of piperidine rings is 1. The first-order valence-electron chi connectivity index (χ1n) is 5.94. The number of hydrogen-bond donors (Lipinski definition) is 1. The van der Waals surface area contributed by atoms with Crippen molar-refractivity contribution < 1.29 is 13.9 Å². The van der Waals surface area contributed by atoms with Crippen LogP contribution < -0.4 is 10.1 Å². The van der Waals surface area contributed by atoms with Gasteiger partial charge in [0.25, 0.3) is 0 Å². The van der Waals surface area contributed by atoms with Crippen molar-refractivity contribution in [2.24, 2.45) is 0 Å². The Kier molecular flexibility index (Phi) is 6.39. The second-order valence-corrected chi connectivity index (χ2v) is 4.23. The molecule has 102 valence electrons. The monoisotopic (exact) mass is 275 g/mol. The largest absolute Gasteiger partial charge is 0.494 e. The molecular weight excluding hydrogens is 257 g/mol. The maximum Gasteiger partial charge on any atom is 0.165 e. The highest BCUT2D eigenvalue weighted by Crippen LogP contribution is 2.19. The Morgan fingerprint density at radius 2 is 2.06 bits per heavy atom. The van der Waals surface area contributed by atoms with Crippen molar-refractivity contribution in [1.29, 1.82) is 0 Å². The van der Waals surface area contributed by atoms with Crippen LogP contribution in [0.25, 0.3) is 0 Å². The molecule has 5 heteroatoms. The van der Waals surface area contributed by atoms with Crippen LogP contribution in [-0.4, -0.2) is 26.3 Å². The van der Waals surface area contributed by atoms with Gasteiger partial charge in [0, 0.05) is 0 Å². The Morgan fingerprint density at radius 3 is 2.67 bits per heavy atom. The topological polar surface area (TPSA) is 30.5 Å². The fraction of sp³-hybridized carbons (Fsp3) is 0.538. The van der Waals surface area contributed by atoms with Gasteiger partial charge in [-0.05, 0) is 43.6 Å². The summed E-state index contributed by atoms with van der Waals surface area (Å²) in [6.07, 6.45) is 2.35. The lowest BCUT2D eigenvalue weighted by molar-refractivity contribution is 0.0211. The molecule has 0 saturated carbocycles. The highest BCUT2D eigenvalue weighted by Gasteiger charge is 2.13. The van der Waals surface area contributed by atoms with Crippen molar-refractivity contribution in [2.45, 2.75) is 25.6 Å². The first-order chi connectivity index (χ1) is 8.29. The molecule has 0 bridgehead atoms. The number of rotatable bonds is 4. The van der Waals surface area contributed by atoms with Crippen LogP contribution in [0, 0.1) is 5.82 Å². The number of ether oxygens (including phenoxy) is 2. The average Bonchev–Trinajstić information content (AvgIpc) is 2.38. The Bertz CT molecular complexity index is 370. The zero-order chi connectivity index (χ0) is 12.1. The van der Waals surface area contributed by atoms with E-state index >= 15 is 0 Å². The summed E-state index contributed by atoms with van der Waals surface area (Å²) < 4.78 is 24.0. The molecule has 0 atom stereocenters. The van der Waals surface area contributed by atoms with Crippen molar-refractivity contribution >= 4 is 12.4 Å². The molecule has 1 aliphatic rings. The highest BCUT2D eigenvalue weighted by atomic mass is 35.5. The summed E-state index contributed by atoms with van der Waals surface area (Å²) in [6, 6.07) is 4.94. The summed E-state index contributed by atoms with van der Waals surface area (Å²) in [5.74, 6) is -0.0606. The third-order valence-corrected chi connectivity index (χ3v) is 2.99. The summed E-state index contributed by atoms with van der Waals surface area (Å²) in [7, 11) is 1.46. The molecule has 1 N–H and O–H groups in total. The van der Waals surface area contributed by atoms with Gasteiger partial charge < -0.3 is 14.8 Å². The van der Waals surface area contributed by atoms with Gasteiger partial charge in [0.05, 0.1) is 19.8 Å². The Labute approximate surface area is 113 Å². The molecule has 1 aromatic rings. The van der Waals surface area contributed by atoms with Gasteiger partial charge in [-0.3, -0.25) is 0 Å². The van der Waals surface area contributed by atoms with Crippen molar-refractivity contribution in [2.75, 3.05) is 20.2 Å². The summed E-state index contributed by atoms with van der Waals surface area (Å²) in [5.41, 5.74) is 0.849. The third kappa shape index (κ3) is 4.12. The summed E-state index contributed by atoms with van der Waals surface area (Å²) in [5, 5.41) is 3.28. The second kappa shape index (κ2) is 7.56. The normalized spacial score (nSPS) is 16.1. The van der Waals surface area contributed by atoms with Crippen LogP contribution in [0.3, 0.4) is 0 Å². The maximum absolute atomic E-state index is 13.4. The average molecular weight is 276 g/mol. The minimum Gasteiger partial charge on any atom is -0.494 e. The van der Waals surface area contributed by atoms with Crippen LogP contribution in [0.2, 0.25) is 0 Å². The second-order valence-electron chi connectivity index (χ2n) is 4.23. The molecule has 1 aliphatic heterocycles. The van der Waals surface area contributed by atoms with E-state index in [1.54, 1.807) is 6.07 Å². The van der Waals surface area contributed by atoms with E-state index in [9.17, 15) is 4.39 Å². The van der Waals surface area contributed by atoms with Crippen molar-refractivity contribution in [3.63, 3.8) is 0 Å². The van der Waals surface area contributed by atoms with Gasteiger partial charge in [-0.2, -0.15) is 0 Å². The van der Waals surface area contributed by atoms with E-state index < -0.39 is 0 Å². The van der Waals surface area contributed by atoms with Gasteiger partial charge in [0.15, 0.2) is 11.6 Å². The molecule has 1 saturated heterocycles. The van der Waals surface area contributed by atoms with Gasteiger partial charge in [-0.25, -0.2) is 4.39 Å². The van der Waals surface area contributed by atoms with Crippen LogP contribution in [0.15, 0.2) is 18.2 Å². The lowest BCUT2D eigenvalue weighted by atomic mass is 10.1. The fourth-order valence-corrected chi connectivity index (χ4v) is 1.98. The minimum atomic E-state index is -0.334. The lowest BCUT2D eigenvalue weighted by Crippen LogP contribution is -2.32. The molecule has 0 aliphatic carbocycles. The van der Waals surface area contributed by atoms with Crippen LogP contribution in [0.5, 0.6) is 5.75 Å². The van der Waals surface area contributed by atoms with Gasteiger partial charge in [0.1, 0.15) is 0 Å². The summed E-state index contributed by atoms with van der Waals surface area (Å²) in [4.78, 5) is 0. The van der Waals surface area contributed by atoms with E-state index in [2.05, 4.69) is 5.32 Å². The van der Waals surface area contributed by atoms with Gasteiger partial charge in [-0.1, -0.05) is 6.07 Å². The molecule has 2 rings (SSSR count). The first kappa shape index (κ1) is 15.2. The zero-order valence-corrected chi connectivity index (χ0v) is 11.3. The van der Waals surface area contributed by atoms with Gasteiger partial charge in [0.2, 0.25) is 0 Å². The molecule has 1 heterocycles. The molecule has 0 unspecified atom stereocenters. The molecule has 3 nitrogen and oxygen atoms in total. The molecule has 1 fully saturated rings. The van der Waals surface area contributed by atoms with E-state index in [4.69, 9.17) is 9.47 Å². The first-order valence-corrected chi connectivity index (χ1v) is 5.94. The predicted octanol–water partition coefficient (Wildman–Crippen LogP) is 2.52. The van der Waals surface area contributed by atoms with Crippen molar-refractivity contribution in [1.82, 2.24) is 5.32 Å². The highest BCUT2D eigenvalue weighted by molar-refractivity contribution is 5.85. The third-order valence-electron chi connectivity index (χ3n) is 2.99. The van der Waals surface area contributed by atoms with E-state index in [-0.39, 0.29) is 24.0 Å².